The number of hydrogen-bond acceptors (Lipinski definition) is 2. The highest BCUT2D eigenvalue weighted by molar-refractivity contribution is 6.30. The van der Waals surface area contributed by atoms with Crippen molar-refractivity contribution in [2.45, 2.75) is 6.92 Å². The second-order valence-corrected chi connectivity index (χ2v) is 4.88. The van der Waals surface area contributed by atoms with Crippen molar-refractivity contribution < 1.29 is 4.79 Å². The first-order chi connectivity index (χ1) is 10.1. The lowest BCUT2D eigenvalue weighted by Gasteiger charge is -2.00. The third kappa shape index (κ3) is 4.89. The summed E-state index contributed by atoms with van der Waals surface area (Å²) < 4.78 is 0. The minimum absolute atomic E-state index is 0.265. The number of nitrogens with one attached hydrogen (secondary N) is 1. The average Bonchev–Trinajstić information content (AvgIpc) is 2.52. The summed E-state index contributed by atoms with van der Waals surface area (Å²) in [6, 6.07) is 16.5. The predicted molar refractivity (Wildman–Crippen MR) is 87.5 cm³/mol. The summed E-state index contributed by atoms with van der Waals surface area (Å²) >= 11 is 5.77. The molecule has 0 heterocycles. The lowest BCUT2D eigenvalue weighted by atomic mass is 10.2. The summed E-state index contributed by atoms with van der Waals surface area (Å²) in [6.45, 7) is 1.82. The number of carbonyl (C=O) groups is 1. The summed E-state index contributed by atoms with van der Waals surface area (Å²) in [5.74, 6) is -0.265. The number of carbonyl (C=O) groups excluding carboxylic acids is 1. The Morgan fingerprint density at radius 3 is 2.43 bits per heavy atom. The number of rotatable bonds is 4. The maximum absolute atomic E-state index is 11.8. The molecule has 0 fully saturated rings. The second kappa shape index (κ2) is 7.41. The fourth-order valence-corrected chi connectivity index (χ4v) is 1.75. The molecular formula is C17H15ClN2O. The van der Waals surface area contributed by atoms with E-state index in [9.17, 15) is 4.79 Å². The van der Waals surface area contributed by atoms with E-state index in [1.165, 1.54) is 0 Å². The van der Waals surface area contributed by atoms with Crippen molar-refractivity contribution in [3.05, 3.63) is 76.8 Å². The number of hydrazone groups is 1. The number of hydrogen-bond donors (Lipinski definition) is 1. The van der Waals surface area contributed by atoms with Crippen LogP contribution >= 0.6 is 11.6 Å². The molecule has 0 unspecified atom stereocenters. The minimum atomic E-state index is -0.265. The van der Waals surface area contributed by atoms with Crippen LogP contribution in [0.4, 0.5) is 0 Å². The molecular weight excluding hydrogens is 284 g/mol. The zero-order chi connectivity index (χ0) is 15.1. The monoisotopic (exact) mass is 298 g/mol. The van der Waals surface area contributed by atoms with Crippen LogP contribution in [0.5, 0.6) is 0 Å². The van der Waals surface area contributed by atoms with Crippen LogP contribution in [0.1, 0.15) is 22.8 Å². The summed E-state index contributed by atoms with van der Waals surface area (Å²) in [5.41, 5.74) is 4.81. The molecule has 1 amide bonds. The zero-order valence-electron chi connectivity index (χ0n) is 11.6. The summed E-state index contributed by atoms with van der Waals surface area (Å²) in [7, 11) is 0. The second-order valence-electron chi connectivity index (χ2n) is 4.45. The van der Waals surface area contributed by atoms with Gasteiger partial charge >= 0.3 is 0 Å². The SMILES string of the molecule is CC(C=Cc1ccccc1)=NNC(=O)c1ccc(Cl)cc1. The molecule has 0 aromatic heterocycles. The Bertz CT molecular complexity index is 661. The molecule has 21 heavy (non-hydrogen) atoms. The third-order valence-electron chi connectivity index (χ3n) is 2.76. The largest absolute Gasteiger partial charge is 0.271 e. The van der Waals surface area contributed by atoms with Gasteiger partial charge in [-0.3, -0.25) is 4.79 Å². The Hall–Kier alpha value is -2.39. The van der Waals surface area contributed by atoms with Crippen LogP contribution in [-0.2, 0) is 0 Å². The molecule has 0 saturated carbocycles. The van der Waals surface area contributed by atoms with Gasteiger partial charge in [0.1, 0.15) is 0 Å². The quantitative estimate of drug-likeness (QED) is 0.668. The molecule has 4 heteroatoms. The highest BCUT2D eigenvalue weighted by Gasteiger charge is 2.03. The van der Waals surface area contributed by atoms with Gasteiger partial charge in [0.15, 0.2) is 0 Å². The normalized spacial score (nSPS) is 11.6. The topological polar surface area (TPSA) is 41.5 Å². The van der Waals surface area contributed by atoms with Gasteiger partial charge in [-0.2, -0.15) is 5.10 Å². The summed E-state index contributed by atoms with van der Waals surface area (Å²) in [4.78, 5) is 11.8. The Morgan fingerprint density at radius 1 is 1.10 bits per heavy atom. The molecule has 0 aliphatic heterocycles. The van der Waals surface area contributed by atoms with Gasteiger partial charge in [-0.25, -0.2) is 5.43 Å². The molecule has 0 bridgehead atoms. The zero-order valence-corrected chi connectivity index (χ0v) is 12.3. The number of amides is 1. The van der Waals surface area contributed by atoms with E-state index < -0.39 is 0 Å². The Labute approximate surface area is 129 Å². The molecule has 2 rings (SSSR count). The molecule has 2 aromatic carbocycles. The number of nitrogens with zero attached hydrogens (tertiary/aromatic N) is 1. The van der Waals surface area contributed by atoms with E-state index in [1.54, 1.807) is 24.3 Å². The van der Waals surface area contributed by atoms with E-state index in [1.807, 2.05) is 49.4 Å². The van der Waals surface area contributed by atoms with Crippen molar-refractivity contribution in [3.63, 3.8) is 0 Å². The molecule has 0 saturated heterocycles. The van der Waals surface area contributed by atoms with Crippen LogP contribution in [0, 0.1) is 0 Å². The van der Waals surface area contributed by atoms with Crippen LogP contribution < -0.4 is 5.43 Å². The molecule has 106 valence electrons. The molecule has 1 N–H and O–H groups in total. The number of halogens is 1. The van der Waals surface area contributed by atoms with Crippen molar-refractivity contribution >= 4 is 29.3 Å². The van der Waals surface area contributed by atoms with Crippen LogP contribution in [-0.4, -0.2) is 11.6 Å². The van der Waals surface area contributed by atoms with Gasteiger partial charge in [0.25, 0.3) is 5.91 Å². The average molecular weight is 299 g/mol. The van der Waals surface area contributed by atoms with Gasteiger partial charge < -0.3 is 0 Å². The van der Waals surface area contributed by atoms with E-state index in [4.69, 9.17) is 11.6 Å². The molecule has 2 aromatic rings. The molecule has 0 radical (unpaired) electrons. The fourth-order valence-electron chi connectivity index (χ4n) is 1.62. The van der Waals surface area contributed by atoms with E-state index >= 15 is 0 Å². The van der Waals surface area contributed by atoms with Gasteiger partial charge in [0.2, 0.25) is 0 Å². The first-order valence-corrected chi connectivity index (χ1v) is 6.86. The van der Waals surface area contributed by atoms with Gasteiger partial charge in [-0.15, -0.1) is 0 Å². The highest BCUT2D eigenvalue weighted by atomic mass is 35.5. The fraction of sp³-hybridized carbons (Fsp3) is 0.0588. The lowest BCUT2D eigenvalue weighted by Crippen LogP contribution is -2.18. The smallest absolute Gasteiger partial charge is 0.267 e. The van der Waals surface area contributed by atoms with Crippen molar-refractivity contribution in [2.24, 2.45) is 5.10 Å². The van der Waals surface area contributed by atoms with Crippen molar-refractivity contribution in [2.75, 3.05) is 0 Å². The van der Waals surface area contributed by atoms with Crippen molar-refractivity contribution in [1.29, 1.82) is 0 Å². The third-order valence-corrected chi connectivity index (χ3v) is 3.01. The van der Waals surface area contributed by atoms with Gasteiger partial charge in [-0.05, 0) is 42.8 Å². The van der Waals surface area contributed by atoms with Crippen molar-refractivity contribution in [3.8, 4) is 0 Å². The highest BCUT2D eigenvalue weighted by Crippen LogP contribution is 2.09. The lowest BCUT2D eigenvalue weighted by molar-refractivity contribution is 0.0955. The van der Waals surface area contributed by atoms with Gasteiger partial charge in [-0.1, -0.05) is 48.0 Å². The number of benzene rings is 2. The van der Waals surface area contributed by atoms with Gasteiger partial charge in [0.05, 0.1) is 5.71 Å². The summed E-state index contributed by atoms with van der Waals surface area (Å²) in [6.07, 6.45) is 3.78. The molecule has 0 atom stereocenters. The Balaban J connectivity index is 1.95. The Morgan fingerprint density at radius 2 is 1.76 bits per heavy atom. The maximum atomic E-state index is 11.8. The standard InChI is InChI=1S/C17H15ClN2O/c1-13(7-8-14-5-3-2-4-6-14)19-20-17(21)15-9-11-16(18)12-10-15/h2-12H,1H3,(H,20,21). The number of allylic oxidation sites excluding steroid dienone is 1. The van der Waals surface area contributed by atoms with Crippen LogP contribution in [0.2, 0.25) is 5.02 Å². The van der Waals surface area contributed by atoms with Gasteiger partial charge in [0, 0.05) is 10.6 Å². The van der Waals surface area contributed by atoms with E-state index in [0.717, 1.165) is 5.56 Å². The molecule has 0 aliphatic rings. The van der Waals surface area contributed by atoms with Crippen LogP contribution in [0.15, 0.2) is 65.8 Å². The van der Waals surface area contributed by atoms with E-state index in [2.05, 4.69) is 10.5 Å². The van der Waals surface area contributed by atoms with E-state index in [0.29, 0.717) is 16.3 Å². The van der Waals surface area contributed by atoms with Crippen molar-refractivity contribution in [1.82, 2.24) is 5.43 Å². The maximum Gasteiger partial charge on any atom is 0.271 e. The summed E-state index contributed by atoms with van der Waals surface area (Å²) in [5, 5.41) is 4.63. The minimum Gasteiger partial charge on any atom is -0.267 e. The first kappa shape index (κ1) is 15.0. The Kier molecular flexibility index (Phi) is 5.29. The molecule has 0 aliphatic carbocycles. The van der Waals surface area contributed by atoms with E-state index in [-0.39, 0.29) is 5.91 Å². The molecule has 0 spiro atoms. The van der Waals surface area contributed by atoms with Crippen LogP contribution in [0.3, 0.4) is 0 Å². The van der Waals surface area contributed by atoms with Crippen LogP contribution in [0.25, 0.3) is 6.08 Å². The predicted octanol–water partition coefficient (Wildman–Crippen LogP) is 4.16. The molecule has 3 nitrogen and oxygen atoms in total. The first-order valence-electron chi connectivity index (χ1n) is 6.48.